The van der Waals surface area contributed by atoms with E-state index < -0.39 is 0 Å². The molecule has 1 aliphatic heterocycles. The molecule has 1 fully saturated rings. The molecule has 1 saturated heterocycles. The highest BCUT2D eigenvalue weighted by molar-refractivity contribution is 14.0. The monoisotopic (exact) mass is 450 g/mol. The van der Waals surface area contributed by atoms with Crippen molar-refractivity contribution in [2.24, 2.45) is 10.9 Å². The summed E-state index contributed by atoms with van der Waals surface area (Å²) in [4.78, 5) is 6.50. The second-order valence-electron chi connectivity index (χ2n) is 6.24. The molecule has 0 bridgehead atoms. The average molecular weight is 450 g/mol. The number of hydrogen-bond acceptors (Lipinski definition) is 4. The molecule has 0 aliphatic carbocycles. The van der Waals surface area contributed by atoms with E-state index in [4.69, 9.17) is 9.26 Å². The van der Waals surface area contributed by atoms with Crippen LogP contribution in [0.2, 0.25) is 0 Å². The van der Waals surface area contributed by atoms with Crippen LogP contribution in [0.15, 0.2) is 15.6 Å². The lowest BCUT2D eigenvalue weighted by Gasteiger charge is -2.24. The molecular weight excluding hydrogens is 419 g/mol. The SMILES string of the molecule is CCC(CC)c1cc(CNC(=NC)N(C)CC2CCOC2)on1.I. The van der Waals surface area contributed by atoms with E-state index in [9.17, 15) is 0 Å². The van der Waals surface area contributed by atoms with Gasteiger partial charge in [0.2, 0.25) is 0 Å². The average Bonchev–Trinajstić information content (AvgIpc) is 3.21. The third-order valence-electron chi connectivity index (χ3n) is 4.53. The molecular formula is C17H31IN4O2. The van der Waals surface area contributed by atoms with Crippen molar-refractivity contribution >= 4 is 29.9 Å². The third kappa shape index (κ3) is 5.91. The molecule has 0 saturated carbocycles. The van der Waals surface area contributed by atoms with Gasteiger partial charge in [0, 0.05) is 45.1 Å². The maximum atomic E-state index is 5.45. The first kappa shape index (κ1) is 21.2. The van der Waals surface area contributed by atoms with Crippen molar-refractivity contribution in [3.8, 4) is 0 Å². The maximum absolute atomic E-state index is 5.45. The van der Waals surface area contributed by atoms with Crippen molar-refractivity contribution in [2.75, 3.05) is 33.9 Å². The van der Waals surface area contributed by atoms with E-state index in [1.165, 1.54) is 0 Å². The summed E-state index contributed by atoms with van der Waals surface area (Å²) >= 11 is 0. The van der Waals surface area contributed by atoms with E-state index >= 15 is 0 Å². The van der Waals surface area contributed by atoms with Crippen LogP contribution >= 0.6 is 24.0 Å². The summed E-state index contributed by atoms with van der Waals surface area (Å²) in [6, 6.07) is 2.06. The highest BCUT2D eigenvalue weighted by atomic mass is 127. The quantitative estimate of drug-likeness (QED) is 0.393. The minimum absolute atomic E-state index is 0. The fourth-order valence-corrected chi connectivity index (χ4v) is 3.06. The molecule has 0 amide bonds. The van der Waals surface area contributed by atoms with Gasteiger partial charge in [0.1, 0.15) is 0 Å². The normalized spacial score (nSPS) is 17.9. The molecule has 1 aromatic rings. The summed E-state index contributed by atoms with van der Waals surface area (Å²) in [5.41, 5.74) is 1.05. The van der Waals surface area contributed by atoms with E-state index in [1.54, 1.807) is 7.05 Å². The van der Waals surface area contributed by atoms with Crippen LogP contribution in [0, 0.1) is 5.92 Å². The summed E-state index contributed by atoms with van der Waals surface area (Å²) < 4.78 is 10.9. The molecule has 1 aromatic heterocycles. The molecule has 24 heavy (non-hydrogen) atoms. The van der Waals surface area contributed by atoms with Crippen molar-refractivity contribution in [1.82, 2.24) is 15.4 Å². The Morgan fingerprint density at radius 2 is 2.21 bits per heavy atom. The standard InChI is InChI=1S/C17H30N4O2.HI/c1-5-14(6-2)16-9-15(23-20-16)10-19-17(18-3)21(4)11-13-7-8-22-12-13;/h9,13-14H,5-8,10-12H2,1-4H3,(H,18,19);1H. The lowest BCUT2D eigenvalue weighted by atomic mass is 9.99. The Kier molecular flexibility index (Phi) is 9.65. The van der Waals surface area contributed by atoms with Gasteiger partial charge in [0.25, 0.3) is 0 Å². The van der Waals surface area contributed by atoms with Crippen LogP contribution in [0.1, 0.15) is 50.5 Å². The van der Waals surface area contributed by atoms with Crippen LogP contribution in [0.5, 0.6) is 0 Å². The maximum Gasteiger partial charge on any atom is 0.193 e. The molecule has 6 nitrogen and oxygen atoms in total. The number of rotatable bonds is 7. The van der Waals surface area contributed by atoms with Crippen molar-refractivity contribution in [3.63, 3.8) is 0 Å². The molecule has 2 heterocycles. The van der Waals surface area contributed by atoms with Crippen LogP contribution in [0.3, 0.4) is 0 Å². The summed E-state index contributed by atoms with van der Waals surface area (Å²) in [5, 5.41) is 7.55. The zero-order chi connectivity index (χ0) is 16.7. The van der Waals surface area contributed by atoms with Crippen molar-refractivity contribution in [1.29, 1.82) is 0 Å². The highest BCUT2D eigenvalue weighted by Crippen LogP contribution is 2.22. The van der Waals surface area contributed by atoms with Gasteiger partial charge in [-0.25, -0.2) is 0 Å². The summed E-state index contributed by atoms with van der Waals surface area (Å²) in [6.07, 6.45) is 3.30. The van der Waals surface area contributed by atoms with Gasteiger partial charge < -0.3 is 19.5 Å². The zero-order valence-electron chi connectivity index (χ0n) is 15.2. The number of nitrogens with zero attached hydrogens (tertiary/aromatic N) is 3. The summed E-state index contributed by atoms with van der Waals surface area (Å²) in [5.74, 6) is 2.80. The van der Waals surface area contributed by atoms with E-state index in [0.717, 1.165) is 56.4 Å². The van der Waals surface area contributed by atoms with Crippen LogP contribution in [0.25, 0.3) is 0 Å². The molecule has 138 valence electrons. The lowest BCUT2D eigenvalue weighted by molar-refractivity contribution is 0.181. The van der Waals surface area contributed by atoms with E-state index in [0.29, 0.717) is 18.4 Å². The molecule has 7 heteroatoms. The molecule has 2 rings (SSSR count). The van der Waals surface area contributed by atoms with Gasteiger partial charge in [0.15, 0.2) is 11.7 Å². The van der Waals surface area contributed by atoms with Crippen LogP contribution in [0.4, 0.5) is 0 Å². The Balaban J connectivity index is 0.00000288. The molecule has 1 unspecified atom stereocenters. The third-order valence-corrected chi connectivity index (χ3v) is 4.53. The molecule has 0 radical (unpaired) electrons. The first-order valence-electron chi connectivity index (χ1n) is 8.62. The molecule has 1 atom stereocenters. The lowest BCUT2D eigenvalue weighted by Crippen LogP contribution is -2.41. The predicted octanol–water partition coefficient (Wildman–Crippen LogP) is 3.24. The van der Waals surface area contributed by atoms with Crippen LogP contribution in [-0.4, -0.2) is 49.9 Å². The van der Waals surface area contributed by atoms with Gasteiger partial charge in [-0.3, -0.25) is 4.99 Å². The van der Waals surface area contributed by atoms with Crippen LogP contribution < -0.4 is 5.32 Å². The Labute approximate surface area is 162 Å². The summed E-state index contributed by atoms with van der Waals surface area (Å²) in [6.45, 7) is 7.65. The number of nitrogens with one attached hydrogen (secondary N) is 1. The van der Waals surface area contributed by atoms with E-state index in [-0.39, 0.29) is 24.0 Å². The zero-order valence-corrected chi connectivity index (χ0v) is 17.6. The van der Waals surface area contributed by atoms with Gasteiger partial charge in [-0.05, 0) is 19.3 Å². The number of halogens is 1. The van der Waals surface area contributed by atoms with Crippen LogP contribution in [-0.2, 0) is 11.3 Å². The first-order valence-corrected chi connectivity index (χ1v) is 8.62. The topological polar surface area (TPSA) is 62.9 Å². The first-order chi connectivity index (χ1) is 11.2. The van der Waals surface area contributed by atoms with Crippen molar-refractivity contribution < 1.29 is 9.26 Å². The molecule has 0 spiro atoms. The number of aliphatic imine (C=N–C) groups is 1. The van der Waals surface area contributed by atoms with E-state index in [2.05, 4.69) is 47.3 Å². The van der Waals surface area contributed by atoms with Gasteiger partial charge >= 0.3 is 0 Å². The van der Waals surface area contributed by atoms with Gasteiger partial charge in [-0.15, -0.1) is 24.0 Å². The molecule has 0 aromatic carbocycles. The van der Waals surface area contributed by atoms with Gasteiger partial charge in [-0.2, -0.15) is 0 Å². The smallest absolute Gasteiger partial charge is 0.193 e. The van der Waals surface area contributed by atoms with Crippen molar-refractivity contribution in [2.45, 2.75) is 45.6 Å². The molecule has 1 aliphatic rings. The predicted molar refractivity (Wildman–Crippen MR) is 107 cm³/mol. The number of aromatic nitrogens is 1. The van der Waals surface area contributed by atoms with Gasteiger partial charge in [-0.1, -0.05) is 19.0 Å². The number of hydrogen-bond donors (Lipinski definition) is 1. The Hall–Kier alpha value is -0.830. The highest BCUT2D eigenvalue weighted by Gasteiger charge is 2.19. The fraction of sp³-hybridized carbons (Fsp3) is 0.765. The Bertz CT molecular complexity index is 497. The second kappa shape index (κ2) is 10.9. The number of guanidine groups is 1. The largest absolute Gasteiger partial charge is 0.381 e. The Morgan fingerprint density at radius 1 is 1.46 bits per heavy atom. The van der Waals surface area contributed by atoms with Gasteiger partial charge in [0.05, 0.1) is 18.8 Å². The Morgan fingerprint density at radius 3 is 2.79 bits per heavy atom. The number of ether oxygens (including phenoxy) is 1. The van der Waals surface area contributed by atoms with Crippen molar-refractivity contribution in [3.05, 3.63) is 17.5 Å². The minimum atomic E-state index is 0. The molecule has 1 N–H and O–H groups in total. The second-order valence-corrected chi connectivity index (χ2v) is 6.24. The fourth-order valence-electron chi connectivity index (χ4n) is 3.06. The summed E-state index contributed by atoms with van der Waals surface area (Å²) in [7, 11) is 3.86. The van der Waals surface area contributed by atoms with E-state index in [1.807, 2.05) is 0 Å². The minimum Gasteiger partial charge on any atom is -0.381 e.